The zero-order valence-electron chi connectivity index (χ0n) is 14.2. The second-order valence-corrected chi connectivity index (χ2v) is 6.40. The molecule has 5 heteroatoms. The lowest BCUT2D eigenvalue weighted by Crippen LogP contribution is -2.39. The van der Waals surface area contributed by atoms with E-state index in [1.807, 2.05) is 53.4 Å². The summed E-state index contributed by atoms with van der Waals surface area (Å²) >= 11 is 0. The molecule has 130 valence electrons. The van der Waals surface area contributed by atoms with Crippen molar-refractivity contribution in [2.24, 2.45) is 5.92 Å². The van der Waals surface area contributed by atoms with Crippen molar-refractivity contribution in [1.29, 1.82) is 0 Å². The van der Waals surface area contributed by atoms with Crippen LogP contribution < -0.4 is 5.32 Å². The van der Waals surface area contributed by atoms with Gasteiger partial charge >= 0.3 is 0 Å². The van der Waals surface area contributed by atoms with Crippen LogP contribution >= 0.6 is 0 Å². The Morgan fingerprint density at radius 2 is 1.76 bits per heavy atom. The van der Waals surface area contributed by atoms with Crippen molar-refractivity contribution in [3.05, 3.63) is 66.0 Å². The van der Waals surface area contributed by atoms with Gasteiger partial charge in [0.2, 0.25) is 5.91 Å². The summed E-state index contributed by atoms with van der Waals surface area (Å²) in [6.45, 7) is 1.89. The van der Waals surface area contributed by atoms with Crippen molar-refractivity contribution in [1.82, 2.24) is 15.2 Å². The molecule has 2 heterocycles. The van der Waals surface area contributed by atoms with Gasteiger partial charge in [0.25, 0.3) is 5.91 Å². The number of nitrogens with one attached hydrogen (secondary N) is 1. The minimum Gasteiger partial charge on any atom is -0.350 e. The molecule has 1 fully saturated rings. The van der Waals surface area contributed by atoms with E-state index in [0.29, 0.717) is 32.0 Å². The van der Waals surface area contributed by atoms with Crippen LogP contribution in [-0.4, -0.2) is 34.8 Å². The predicted octanol–water partition coefficient (Wildman–Crippen LogP) is 2.64. The number of carbonyl (C=O) groups excluding carboxylic acids is 2. The number of amides is 2. The van der Waals surface area contributed by atoms with Gasteiger partial charge in [-0.05, 0) is 43.0 Å². The van der Waals surface area contributed by atoms with E-state index in [4.69, 9.17) is 0 Å². The Kier molecular flexibility index (Phi) is 5.77. The fourth-order valence-corrected chi connectivity index (χ4v) is 3.13. The first-order chi connectivity index (χ1) is 12.2. The van der Waals surface area contributed by atoms with Crippen LogP contribution in [0.5, 0.6) is 0 Å². The largest absolute Gasteiger partial charge is 0.350 e. The smallest absolute Gasteiger partial charge is 0.253 e. The molecule has 0 bridgehead atoms. The fraction of sp³-hybridized carbons (Fsp3) is 0.350. The molecule has 1 aromatic heterocycles. The second-order valence-electron chi connectivity index (χ2n) is 6.40. The first-order valence-corrected chi connectivity index (χ1v) is 8.73. The number of aromatic nitrogens is 1. The van der Waals surface area contributed by atoms with Gasteiger partial charge in [0.1, 0.15) is 0 Å². The molecular formula is C20H23N3O2. The molecule has 5 nitrogen and oxygen atoms in total. The van der Waals surface area contributed by atoms with Crippen LogP contribution in [0.2, 0.25) is 0 Å². The maximum atomic E-state index is 12.4. The molecule has 0 radical (unpaired) electrons. The van der Waals surface area contributed by atoms with E-state index in [9.17, 15) is 9.59 Å². The van der Waals surface area contributed by atoms with Gasteiger partial charge in [0.05, 0.1) is 12.2 Å². The van der Waals surface area contributed by atoms with E-state index in [2.05, 4.69) is 10.3 Å². The van der Waals surface area contributed by atoms with Crippen LogP contribution in [0.25, 0.3) is 0 Å². The standard InChI is InChI=1S/C20H23N3O2/c24-19(22-15-18-8-4-5-11-21-18)14-16-9-12-23(13-10-16)20(25)17-6-2-1-3-7-17/h1-8,11,16H,9-10,12-15H2,(H,22,24). The third-order valence-corrected chi connectivity index (χ3v) is 4.59. The summed E-state index contributed by atoms with van der Waals surface area (Å²) in [6, 6.07) is 15.0. The summed E-state index contributed by atoms with van der Waals surface area (Å²) in [5.74, 6) is 0.473. The van der Waals surface area contributed by atoms with Crippen molar-refractivity contribution in [2.75, 3.05) is 13.1 Å². The molecule has 0 spiro atoms. The Bertz CT molecular complexity index is 695. The maximum Gasteiger partial charge on any atom is 0.253 e. The van der Waals surface area contributed by atoms with E-state index in [-0.39, 0.29) is 11.8 Å². The van der Waals surface area contributed by atoms with Crippen molar-refractivity contribution in [2.45, 2.75) is 25.8 Å². The number of carbonyl (C=O) groups is 2. The van der Waals surface area contributed by atoms with Gasteiger partial charge < -0.3 is 10.2 Å². The van der Waals surface area contributed by atoms with Gasteiger partial charge in [-0.2, -0.15) is 0 Å². The molecule has 1 N–H and O–H groups in total. The molecule has 1 aromatic carbocycles. The minimum atomic E-state index is 0.0542. The molecule has 2 aromatic rings. The molecule has 3 rings (SSSR count). The number of rotatable bonds is 5. The van der Waals surface area contributed by atoms with Crippen molar-refractivity contribution < 1.29 is 9.59 Å². The van der Waals surface area contributed by atoms with Crippen LogP contribution in [0.1, 0.15) is 35.3 Å². The Morgan fingerprint density at radius 3 is 2.44 bits per heavy atom. The molecule has 1 aliphatic heterocycles. The zero-order valence-corrected chi connectivity index (χ0v) is 14.2. The highest BCUT2D eigenvalue weighted by Gasteiger charge is 2.24. The Morgan fingerprint density at radius 1 is 1.04 bits per heavy atom. The van der Waals surface area contributed by atoms with Gasteiger partial charge in [-0.1, -0.05) is 24.3 Å². The third kappa shape index (κ3) is 4.89. The number of pyridine rings is 1. The fourth-order valence-electron chi connectivity index (χ4n) is 3.13. The predicted molar refractivity (Wildman–Crippen MR) is 95.8 cm³/mol. The molecule has 25 heavy (non-hydrogen) atoms. The van der Waals surface area contributed by atoms with Crippen molar-refractivity contribution >= 4 is 11.8 Å². The van der Waals surface area contributed by atoms with Gasteiger partial charge in [0.15, 0.2) is 0 Å². The molecule has 0 atom stereocenters. The average molecular weight is 337 g/mol. The number of likely N-dealkylation sites (tertiary alicyclic amines) is 1. The molecule has 0 saturated carbocycles. The van der Waals surface area contributed by atoms with Gasteiger partial charge in [-0.15, -0.1) is 0 Å². The summed E-state index contributed by atoms with van der Waals surface area (Å²) in [4.78, 5) is 30.6. The Labute approximate surface area is 148 Å². The third-order valence-electron chi connectivity index (χ3n) is 4.59. The first kappa shape index (κ1) is 17.1. The number of hydrogen-bond acceptors (Lipinski definition) is 3. The van der Waals surface area contributed by atoms with E-state index >= 15 is 0 Å². The number of nitrogens with zero attached hydrogens (tertiary/aromatic N) is 2. The monoisotopic (exact) mass is 337 g/mol. The van der Waals surface area contributed by atoms with Crippen LogP contribution in [-0.2, 0) is 11.3 Å². The molecular weight excluding hydrogens is 314 g/mol. The van der Waals surface area contributed by atoms with Crippen LogP contribution in [0, 0.1) is 5.92 Å². The quantitative estimate of drug-likeness (QED) is 0.912. The van der Waals surface area contributed by atoms with Crippen LogP contribution in [0.4, 0.5) is 0 Å². The van der Waals surface area contributed by atoms with Crippen molar-refractivity contribution in [3.8, 4) is 0 Å². The van der Waals surface area contributed by atoms with Crippen LogP contribution in [0.15, 0.2) is 54.7 Å². The minimum absolute atomic E-state index is 0.0542. The highest BCUT2D eigenvalue weighted by Crippen LogP contribution is 2.21. The lowest BCUT2D eigenvalue weighted by atomic mass is 9.93. The topological polar surface area (TPSA) is 62.3 Å². The van der Waals surface area contributed by atoms with Crippen LogP contribution in [0.3, 0.4) is 0 Å². The zero-order chi connectivity index (χ0) is 17.5. The molecule has 0 unspecified atom stereocenters. The SMILES string of the molecule is O=C(CC1CCN(C(=O)c2ccccc2)CC1)NCc1ccccn1. The van der Waals surface area contributed by atoms with Crippen molar-refractivity contribution in [3.63, 3.8) is 0 Å². The molecule has 0 aliphatic carbocycles. The number of hydrogen-bond donors (Lipinski definition) is 1. The first-order valence-electron chi connectivity index (χ1n) is 8.73. The highest BCUT2D eigenvalue weighted by atomic mass is 16.2. The summed E-state index contributed by atoms with van der Waals surface area (Å²) in [5, 5.41) is 2.92. The summed E-state index contributed by atoms with van der Waals surface area (Å²) in [5.41, 5.74) is 1.59. The lowest BCUT2D eigenvalue weighted by Gasteiger charge is -2.31. The summed E-state index contributed by atoms with van der Waals surface area (Å²) in [6.07, 6.45) is 3.98. The van der Waals surface area contributed by atoms with E-state index in [1.165, 1.54) is 0 Å². The second kappa shape index (κ2) is 8.42. The lowest BCUT2D eigenvalue weighted by molar-refractivity contribution is -0.122. The van der Waals surface area contributed by atoms with E-state index < -0.39 is 0 Å². The van der Waals surface area contributed by atoms with Gasteiger partial charge in [-0.25, -0.2) is 0 Å². The molecule has 1 aliphatic rings. The molecule has 1 saturated heterocycles. The Balaban J connectivity index is 1.41. The maximum absolute atomic E-state index is 12.4. The average Bonchev–Trinajstić information content (AvgIpc) is 2.68. The van der Waals surface area contributed by atoms with Gasteiger partial charge in [-0.3, -0.25) is 14.6 Å². The number of benzene rings is 1. The number of piperidine rings is 1. The van der Waals surface area contributed by atoms with Gasteiger partial charge in [0, 0.05) is 31.3 Å². The van der Waals surface area contributed by atoms with E-state index in [0.717, 1.165) is 24.1 Å². The normalized spacial score (nSPS) is 15.0. The summed E-state index contributed by atoms with van der Waals surface area (Å²) < 4.78 is 0. The molecule has 2 amide bonds. The van der Waals surface area contributed by atoms with E-state index in [1.54, 1.807) is 6.20 Å². The highest BCUT2D eigenvalue weighted by molar-refractivity contribution is 5.94. The summed E-state index contributed by atoms with van der Waals surface area (Å²) in [7, 11) is 0. The Hall–Kier alpha value is -2.69.